The molecule has 5 nitrogen and oxygen atoms in total. The van der Waals surface area contributed by atoms with Gasteiger partial charge in [0.1, 0.15) is 0 Å². The minimum absolute atomic E-state index is 0.609. The summed E-state index contributed by atoms with van der Waals surface area (Å²) in [6.45, 7) is 4.13. The lowest BCUT2D eigenvalue weighted by atomic mass is 10.2. The third kappa shape index (κ3) is 3.88. The van der Waals surface area contributed by atoms with Crippen LogP contribution in [0.3, 0.4) is 0 Å². The molecular weight excluding hydrogens is 258 g/mol. The summed E-state index contributed by atoms with van der Waals surface area (Å²) in [5, 5.41) is 15.1. The van der Waals surface area contributed by atoms with Gasteiger partial charge in [-0.3, -0.25) is 5.32 Å². The van der Waals surface area contributed by atoms with E-state index >= 15 is 0 Å². The van der Waals surface area contributed by atoms with Gasteiger partial charge in [-0.05, 0) is 30.5 Å². The lowest BCUT2D eigenvalue weighted by Crippen LogP contribution is -2.43. The van der Waals surface area contributed by atoms with E-state index in [-0.39, 0.29) is 0 Å². The molecule has 0 radical (unpaired) electrons. The van der Waals surface area contributed by atoms with Crippen molar-refractivity contribution in [2.24, 2.45) is 4.99 Å². The van der Waals surface area contributed by atoms with Crippen LogP contribution in [0.1, 0.15) is 0 Å². The van der Waals surface area contributed by atoms with Crippen molar-refractivity contribution in [2.75, 3.05) is 37.3 Å². The fraction of sp³-hybridized carbons (Fsp3) is 0.385. The van der Waals surface area contributed by atoms with Gasteiger partial charge in [-0.1, -0.05) is 11.8 Å². The highest BCUT2D eigenvalue weighted by Crippen LogP contribution is 2.21. The topological polar surface area (TPSA) is 63.4 Å². The summed E-state index contributed by atoms with van der Waals surface area (Å²) in [4.78, 5) is 6.72. The van der Waals surface area contributed by atoms with E-state index < -0.39 is 0 Å². The van der Waals surface area contributed by atoms with Crippen molar-refractivity contribution in [3.8, 4) is 6.19 Å². The van der Waals surface area contributed by atoms with Gasteiger partial charge in [-0.15, -0.1) is 0 Å². The van der Waals surface area contributed by atoms with Crippen molar-refractivity contribution < 1.29 is 0 Å². The van der Waals surface area contributed by atoms with Crippen LogP contribution in [-0.4, -0.2) is 37.6 Å². The largest absolute Gasteiger partial charge is 0.369 e. The Kier molecular flexibility index (Phi) is 5.07. The molecule has 0 spiro atoms. The van der Waals surface area contributed by atoms with Gasteiger partial charge in [-0.2, -0.15) is 5.26 Å². The number of hydrogen-bond donors (Lipinski definition) is 2. The van der Waals surface area contributed by atoms with E-state index in [2.05, 4.69) is 32.7 Å². The first kappa shape index (κ1) is 13.7. The van der Waals surface area contributed by atoms with Crippen LogP contribution in [0.2, 0.25) is 0 Å². The molecule has 1 saturated heterocycles. The van der Waals surface area contributed by atoms with Crippen molar-refractivity contribution in [1.29, 1.82) is 5.26 Å². The van der Waals surface area contributed by atoms with Crippen LogP contribution < -0.4 is 15.5 Å². The van der Waals surface area contributed by atoms with Crippen molar-refractivity contribution in [1.82, 2.24) is 10.6 Å². The van der Waals surface area contributed by atoms with Gasteiger partial charge in [0.25, 0.3) is 0 Å². The molecule has 100 valence electrons. The second-order valence-electron chi connectivity index (χ2n) is 4.11. The maximum atomic E-state index is 8.59. The van der Waals surface area contributed by atoms with Gasteiger partial charge in [-0.25, -0.2) is 4.99 Å². The highest BCUT2D eigenvalue weighted by Gasteiger charge is 2.09. The summed E-state index contributed by atoms with van der Waals surface area (Å²) in [7, 11) is 0. The van der Waals surface area contributed by atoms with E-state index in [4.69, 9.17) is 5.26 Å². The molecule has 6 heteroatoms. The normalized spacial score (nSPS) is 16.0. The Morgan fingerprint density at radius 3 is 2.63 bits per heavy atom. The predicted molar refractivity (Wildman–Crippen MR) is 80.9 cm³/mol. The van der Waals surface area contributed by atoms with Gasteiger partial charge >= 0.3 is 0 Å². The van der Waals surface area contributed by atoms with Crippen molar-refractivity contribution >= 4 is 28.3 Å². The van der Waals surface area contributed by atoms with Crippen molar-refractivity contribution in [3.63, 3.8) is 0 Å². The molecule has 1 aromatic rings. The average Bonchev–Trinajstić information content (AvgIpc) is 2.48. The number of thioether (sulfide) groups is 1. The van der Waals surface area contributed by atoms with Crippen LogP contribution in [0.15, 0.2) is 29.3 Å². The molecule has 1 heterocycles. The summed E-state index contributed by atoms with van der Waals surface area (Å²) in [6.07, 6.45) is 3.77. The number of nitriles is 1. The van der Waals surface area contributed by atoms with Crippen LogP contribution in [0.25, 0.3) is 0 Å². The first-order valence-corrected chi connectivity index (χ1v) is 7.39. The molecule has 1 aliphatic rings. The fourth-order valence-electron chi connectivity index (χ4n) is 1.95. The number of piperazine rings is 1. The quantitative estimate of drug-likeness (QED) is 0.371. The molecule has 1 aliphatic heterocycles. The molecule has 0 atom stereocenters. The summed E-state index contributed by atoms with van der Waals surface area (Å²) in [6, 6.07) is 8.11. The van der Waals surface area contributed by atoms with E-state index in [1.165, 1.54) is 17.4 Å². The standard InChI is InChI=1S/C13H17N5S/c1-19-13(16-10-14)17-11-2-4-12(5-3-11)18-8-6-15-7-9-18/h2-5,15H,6-9H2,1H3,(H,16,17). The second-order valence-corrected chi connectivity index (χ2v) is 4.91. The summed E-state index contributed by atoms with van der Waals surface area (Å²) in [5.41, 5.74) is 2.07. The van der Waals surface area contributed by atoms with Crippen LogP contribution in [0, 0.1) is 11.5 Å². The van der Waals surface area contributed by atoms with E-state index in [0.29, 0.717) is 5.17 Å². The Hall–Kier alpha value is -1.71. The van der Waals surface area contributed by atoms with E-state index in [9.17, 15) is 0 Å². The first-order valence-electron chi connectivity index (χ1n) is 6.17. The third-order valence-electron chi connectivity index (χ3n) is 2.92. The monoisotopic (exact) mass is 275 g/mol. The van der Waals surface area contributed by atoms with E-state index in [1.807, 2.05) is 24.6 Å². The van der Waals surface area contributed by atoms with Gasteiger partial charge in [0.05, 0.1) is 5.69 Å². The highest BCUT2D eigenvalue weighted by molar-refractivity contribution is 8.13. The zero-order chi connectivity index (χ0) is 13.5. The van der Waals surface area contributed by atoms with Crippen LogP contribution in [0.5, 0.6) is 0 Å². The Balaban J connectivity index is 2.07. The maximum Gasteiger partial charge on any atom is 0.183 e. The number of amidine groups is 1. The van der Waals surface area contributed by atoms with E-state index in [1.54, 1.807) is 0 Å². The van der Waals surface area contributed by atoms with Gasteiger partial charge < -0.3 is 10.2 Å². The minimum atomic E-state index is 0.609. The smallest absolute Gasteiger partial charge is 0.183 e. The lowest BCUT2D eigenvalue weighted by molar-refractivity contribution is 0.589. The fourth-order valence-corrected chi connectivity index (χ4v) is 2.30. The predicted octanol–water partition coefficient (Wildman–Crippen LogP) is 1.52. The number of anilines is 1. The molecule has 0 saturated carbocycles. The second kappa shape index (κ2) is 7.02. The number of benzene rings is 1. The number of aliphatic imine (C=N–C) groups is 1. The SMILES string of the molecule is CSC(=Nc1ccc(N2CCNCC2)cc1)NC#N. The summed E-state index contributed by atoms with van der Waals surface area (Å²) >= 11 is 1.42. The number of rotatable bonds is 2. The average molecular weight is 275 g/mol. The van der Waals surface area contributed by atoms with Gasteiger partial charge in [0, 0.05) is 31.9 Å². The molecule has 19 heavy (non-hydrogen) atoms. The minimum Gasteiger partial charge on any atom is -0.369 e. The molecule has 2 N–H and O–H groups in total. The molecule has 0 aromatic heterocycles. The summed E-state index contributed by atoms with van der Waals surface area (Å²) < 4.78 is 0. The maximum absolute atomic E-state index is 8.59. The Morgan fingerprint density at radius 1 is 1.37 bits per heavy atom. The number of nitrogens with one attached hydrogen (secondary N) is 2. The highest BCUT2D eigenvalue weighted by atomic mass is 32.2. The van der Waals surface area contributed by atoms with Crippen LogP contribution in [0.4, 0.5) is 11.4 Å². The zero-order valence-corrected chi connectivity index (χ0v) is 11.7. The zero-order valence-electron chi connectivity index (χ0n) is 10.9. The van der Waals surface area contributed by atoms with Gasteiger partial charge in [0.2, 0.25) is 0 Å². The Bertz CT molecular complexity index is 471. The number of hydrogen-bond acceptors (Lipinski definition) is 5. The van der Waals surface area contributed by atoms with Crippen molar-refractivity contribution in [3.05, 3.63) is 24.3 Å². The molecule has 2 rings (SSSR count). The molecule has 1 fully saturated rings. The van der Waals surface area contributed by atoms with Crippen LogP contribution in [-0.2, 0) is 0 Å². The van der Waals surface area contributed by atoms with Crippen molar-refractivity contribution in [2.45, 2.75) is 0 Å². The van der Waals surface area contributed by atoms with Gasteiger partial charge in [0.15, 0.2) is 11.4 Å². The van der Waals surface area contributed by atoms with E-state index in [0.717, 1.165) is 31.9 Å². The number of nitrogens with zero attached hydrogens (tertiary/aromatic N) is 3. The summed E-state index contributed by atoms with van der Waals surface area (Å²) in [5.74, 6) is 0. The molecule has 0 aliphatic carbocycles. The Morgan fingerprint density at radius 2 is 2.05 bits per heavy atom. The molecular formula is C13H17N5S. The molecule has 0 amide bonds. The lowest BCUT2D eigenvalue weighted by Gasteiger charge is -2.29. The molecule has 0 bridgehead atoms. The molecule has 1 aromatic carbocycles. The first-order chi connectivity index (χ1) is 9.33. The molecule has 0 unspecified atom stereocenters. The van der Waals surface area contributed by atoms with Crippen LogP contribution >= 0.6 is 11.8 Å². The third-order valence-corrected chi connectivity index (χ3v) is 3.50. The Labute approximate surface area is 117 Å².